The number of aliphatic hydroxyl groups is 5. The Morgan fingerprint density at radius 1 is 0.833 bits per heavy atom. The van der Waals surface area contributed by atoms with E-state index >= 15 is 0 Å². The second-order valence-electron chi connectivity index (χ2n) is 18.2. The first-order chi connectivity index (χ1) is 25.6. The monoisotopic (exact) mass is 756 g/mol. The summed E-state index contributed by atoms with van der Waals surface area (Å²) in [6.07, 6.45) is 1.08. The van der Waals surface area contributed by atoms with E-state index < -0.39 is 78.4 Å². The number of phenolic OH excluding ortho intramolecular Hbond substituents is 1. The molecule has 3 heterocycles. The maximum absolute atomic E-state index is 12.9. The van der Waals surface area contributed by atoms with Gasteiger partial charge in [0.25, 0.3) is 0 Å². The van der Waals surface area contributed by atoms with Gasteiger partial charge >= 0.3 is 5.97 Å². The lowest BCUT2D eigenvalue weighted by Gasteiger charge is -2.65. The lowest BCUT2D eigenvalue weighted by molar-refractivity contribution is -0.318. The van der Waals surface area contributed by atoms with Gasteiger partial charge in [0.2, 0.25) is 0 Å². The number of ether oxygens (including phenoxy) is 5. The van der Waals surface area contributed by atoms with Crippen LogP contribution in [-0.2, 0) is 34.9 Å². The van der Waals surface area contributed by atoms with Crippen LogP contribution in [0.2, 0.25) is 0 Å². The number of hydrogen-bond donors (Lipinski definition) is 6. The van der Waals surface area contributed by atoms with Gasteiger partial charge in [0.1, 0.15) is 24.1 Å². The third kappa shape index (κ3) is 6.36. The van der Waals surface area contributed by atoms with Crippen LogP contribution in [0.15, 0.2) is 35.9 Å². The Kier molecular flexibility index (Phi) is 10.3. The molecule has 7 aliphatic rings. The van der Waals surface area contributed by atoms with E-state index in [4.69, 9.17) is 23.7 Å². The van der Waals surface area contributed by atoms with Crippen molar-refractivity contribution in [2.24, 2.45) is 34.5 Å². The second kappa shape index (κ2) is 14.4. The first-order valence-corrected chi connectivity index (χ1v) is 20.4. The lowest BCUT2D eigenvalue weighted by Crippen LogP contribution is -2.67. The number of benzene rings is 1. The highest BCUT2D eigenvalue weighted by Crippen LogP contribution is 2.70. The highest BCUT2D eigenvalue weighted by Gasteiger charge is 2.71. The van der Waals surface area contributed by atoms with E-state index in [1.165, 1.54) is 0 Å². The minimum atomic E-state index is -1.10. The van der Waals surface area contributed by atoms with Crippen molar-refractivity contribution in [1.29, 1.82) is 0 Å². The summed E-state index contributed by atoms with van der Waals surface area (Å²) in [6.45, 7) is 7.88. The summed E-state index contributed by atoms with van der Waals surface area (Å²) in [5, 5.41) is 66.9. The Morgan fingerprint density at radius 2 is 1.56 bits per heavy atom. The van der Waals surface area contributed by atoms with Gasteiger partial charge in [-0.1, -0.05) is 32.0 Å². The number of rotatable bonds is 7. The van der Waals surface area contributed by atoms with Crippen molar-refractivity contribution in [1.82, 2.24) is 0 Å². The first-order valence-electron chi connectivity index (χ1n) is 20.4. The van der Waals surface area contributed by atoms with Gasteiger partial charge in [-0.3, -0.25) is 0 Å². The third-order valence-corrected chi connectivity index (χ3v) is 15.6. The fourth-order valence-corrected chi connectivity index (χ4v) is 12.5. The fourth-order valence-electron chi connectivity index (χ4n) is 12.5. The minimum absolute atomic E-state index is 0.0139. The van der Waals surface area contributed by atoms with Gasteiger partial charge in [0.05, 0.1) is 42.2 Å². The number of carbonyl (C=O) groups excluding carboxylic acids is 1. The van der Waals surface area contributed by atoms with Crippen molar-refractivity contribution < 1.29 is 59.1 Å². The molecular formula is C42H60O12. The Bertz CT molecular complexity index is 1560. The first kappa shape index (κ1) is 38.7. The molecule has 8 rings (SSSR count). The van der Waals surface area contributed by atoms with Crippen LogP contribution in [-0.4, -0.2) is 110 Å². The molecule has 4 saturated carbocycles. The Balaban J connectivity index is 0.913. The average molecular weight is 757 g/mol. The number of phenols is 1. The number of aliphatic hydroxyl groups excluding tert-OH is 4. The zero-order valence-electron chi connectivity index (χ0n) is 32.0. The molecule has 3 aliphatic heterocycles. The van der Waals surface area contributed by atoms with Crippen LogP contribution >= 0.6 is 0 Å². The van der Waals surface area contributed by atoms with Crippen LogP contribution in [0.4, 0.5) is 0 Å². The summed E-state index contributed by atoms with van der Waals surface area (Å²) in [6, 6.07) is 7.07. The van der Waals surface area contributed by atoms with Crippen molar-refractivity contribution in [2.45, 2.75) is 171 Å². The van der Waals surface area contributed by atoms with Crippen molar-refractivity contribution in [3.05, 3.63) is 41.5 Å². The molecule has 1 aromatic carbocycles. The molecule has 4 aliphatic carbocycles. The van der Waals surface area contributed by atoms with Crippen molar-refractivity contribution >= 4 is 5.97 Å². The standard InChI is InChI=1S/C42H60O12/c1-21-38(48)31(44)19-37(50-21)54-39-22(2)51-36(20-32(39)45)52-25-11-13-40(3)24(16-25)9-10-28-29(40)18-34(46)41(4)27(12-14-42(28,41)49)26-17-35(47)53-33(26)15-23-7-5-6-8-30(23)43/h5-8,17,21-22,24-25,27-29,31-34,36-39,43-46,48-49H,9-16,18-20H2,1-4H3/t21?,22?,24-,25+,27-,28-,29+,31-,32-,33?,34-,36+,37-,38?,39?,40+,41+,42+/m1/s1. The molecule has 2 saturated heterocycles. The van der Waals surface area contributed by atoms with E-state index in [2.05, 4.69) is 6.92 Å². The molecule has 0 aromatic heterocycles. The zero-order valence-corrected chi connectivity index (χ0v) is 32.0. The molecule has 12 nitrogen and oxygen atoms in total. The van der Waals surface area contributed by atoms with Crippen molar-refractivity contribution in [3.63, 3.8) is 0 Å². The quantitative estimate of drug-likeness (QED) is 0.176. The number of esters is 1. The van der Waals surface area contributed by atoms with Gasteiger partial charge in [0.15, 0.2) is 12.6 Å². The highest BCUT2D eigenvalue weighted by molar-refractivity contribution is 5.86. The fraction of sp³-hybridized carbons (Fsp3) is 0.786. The summed E-state index contributed by atoms with van der Waals surface area (Å²) in [5.41, 5.74) is -0.541. The Morgan fingerprint density at radius 3 is 2.30 bits per heavy atom. The molecule has 12 heteroatoms. The molecule has 0 bridgehead atoms. The number of para-hydroxylation sites is 1. The van der Waals surface area contributed by atoms with Gasteiger partial charge in [-0.15, -0.1) is 0 Å². The van der Waals surface area contributed by atoms with Crippen molar-refractivity contribution in [3.8, 4) is 5.75 Å². The van der Waals surface area contributed by atoms with E-state index in [-0.39, 0.29) is 47.9 Å². The summed E-state index contributed by atoms with van der Waals surface area (Å²) < 4.78 is 30.4. The van der Waals surface area contributed by atoms with Gasteiger partial charge in [-0.05, 0) is 112 Å². The number of carbonyl (C=O) groups is 1. The molecule has 6 fully saturated rings. The minimum Gasteiger partial charge on any atom is -0.508 e. The van der Waals surface area contributed by atoms with E-state index in [1.54, 1.807) is 25.1 Å². The number of cyclic esters (lactones) is 1. The Labute approximate surface area is 317 Å². The van der Waals surface area contributed by atoms with Gasteiger partial charge in [0, 0.05) is 30.8 Å². The molecule has 54 heavy (non-hydrogen) atoms. The highest BCUT2D eigenvalue weighted by atomic mass is 16.7. The van der Waals surface area contributed by atoms with Crippen molar-refractivity contribution in [2.75, 3.05) is 0 Å². The normalized spacial score (nSPS) is 50.4. The van der Waals surface area contributed by atoms with Crippen LogP contribution in [0.25, 0.3) is 0 Å². The third-order valence-electron chi connectivity index (χ3n) is 15.6. The lowest BCUT2D eigenvalue weighted by atomic mass is 9.42. The second-order valence-corrected chi connectivity index (χ2v) is 18.2. The summed E-state index contributed by atoms with van der Waals surface area (Å²) >= 11 is 0. The van der Waals surface area contributed by atoms with Crippen LogP contribution in [0.3, 0.4) is 0 Å². The molecule has 1 aromatic rings. The number of fused-ring (bicyclic) bond motifs is 5. The molecule has 0 spiro atoms. The van der Waals surface area contributed by atoms with E-state index in [0.29, 0.717) is 37.2 Å². The molecule has 6 N–H and O–H groups in total. The largest absolute Gasteiger partial charge is 0.508 e. The maximum atomic E-state index is 12.9. The smallest absolute Gasteiger partial charge is 0.331 e. The summed E-state index contributed by atoms with van der Waals surface area (Å²) in [4.78, 5) is 12.7. The molecule has 18 atom stereocenters. The Hall–Kier alpha value is -2.13. The maximum Gasteiger partial charge on any atom is 0.331 e. The van der Waals surface area contributed by atoms with Crippen LogP contribution in [0.5, 0.6) is 5.75 Å². The van der Waals surface area contributed by atoms with Gasteiger partial charge < -0.3 is 54.3 Å². The molecule has 0 amide bonds. The molecule has 0 radical (unpaired) electrons. The van der Waals surface area contributed by atoms with Crippen LogP contribution in [0, 0.1) is 34.5 Å². The summed E-state index contributed by atoms with van der Waals surface area (Å²) in [5.74, 6) is -0.00297. The summed E-state index contributed by atoms with van der Waals surface area (Å²) in [7, 11) is 0. The number of hydrogen-bond acceptors (Lipinski definition) is 12. The van der Waals surface area contributed by atoms with Gasteiger partial charge in [-0.25, -0.2) is 4.79 Å². The predicted molar refractivity (Wildman–Crippen MR) is 194 cm³/mol. The predicted octanol–water partition coefficient (Wildman–Crippen LogP) is 3.65. The number of aromatic hydroxyl groups is 1. The van der Waals surface area contributed by atoms with E-state index in [0.717, 1.165) is 37.7 Å². The average Bonchev–Trinajstić information content (AvgIpc) is 3.62. The van der Waals surface area contributed by atoms with E-state index in [9.17, 15) is 35.4 Å². The molecular weight excluding hydrogens is 696 g/mol. The van der Waals surface area contributed by atoms with Crippen LogP contribution < -0.4 is 0 Å². The SMILES string of the molecule is CC1O[C@H](OC2C(C)O[C@@H](O[C@H]3CC[C@@]4(C)[C@H](CC[C@@H]5[C@@H]4C[C@@H](O)[C@]4(C)[C@@H](C6=CC(=O)OC6Cc6ccccc6O)CC[C@]54O)C3)C[C@H]2O)C[C@@H](O)C1O. The molecule has 300 valence electrons. The van der Waals surface area contributed by atoms with E-state index in [1.807, 2.05) is 26.0 Å². The zero-order chi connectivity index (χ0) is 38.3. The van der Waals surface area contributed by atoms with Crippen LogP contribution in [0.1, 0.15) is 97.5 Å². The molecule has 5 unspecified atom stereocenters. The topological polar surface area (TPSA) is 185 Å². The van der Waals surface area contributed by atoms with Gasteiger partial charge in [-0.2, -0.15) is 0 Å².